The van der Waals surface area contributed by atoms with Crippen molar-refractivity contribution in [2.24, 2.45) is 0 Å². The topological polar surface area (TPSA) is 50.0 Å². The second kappa shape index (κ2) is 7.67. The SMILES string of the molecule is Fc1ccc(Oc2ccc(F)c(Oc3cccc(F)c3)c2F)cc1.O. The number of hydrogen-bond acceptors (Lipinski definition) is 2. The van der Waals surface area contributed by atoms with Crippen molar-refractivity contribution < 1.29 is 32.5 Å². The predicted octanol–water partition coefficient (Wildman–Crippen LogP) is 5.00. The van der Waals surface area contributed by atoms with Crippen molar-refractivity contribution in [3.8, 4) is 23.0 Å². The largest absolute Gasteiger partial charge is 0.454 e. The summed E-state index contributed by atoms with van der Waals surface area (Å²) in [4.78, 5) is 0. The zero-order valence-corrected chi connectivity index (χ0v) is 12.6. The molecule has 3 aromatic carbocycles. The first-order valence-corrected chi connectivity index (χ1v) is 6.88. The van der Waals surface area contributed by atoms with Crippen molar-refractivity contribution in [2.45, 2.75) is 0 Å². The van der Waals surface area contributed by atoms with Crippen LogP contribution in [0.4, 0.5) is 17.6 Å². The van der Waals surface area contributed by atoms with Gasteiger partial charge in [0.15, 0.2) is 11.6 Å². The average molecular weight is 352 g/mol. The van der Waals surface area contributed by atoms with Crippen LogP contribution < -0.4 is 9.47 Å². The lowest BCUT2D eigenvalue weighted by Crippen LogP contribution is -1.96. The highest BCUT2D eigenvalue weighted by Gasteiger charge is 2.18. The fraction of sp³-hybridized carbons (Fsp3) is 0. The molecular formula is C18H12F4O3. The van der Waals surface area contributed by atoms with Crippen LogP contribution in [0.15, 0.2) is 60.7 Å². The first-order chi connectivity index (χ1) is 11.5. The second-order valence-corrected chi connectivity index (χ2v) is 4.80. The van der Waals surface area contributed by atoms with Gasteiger partial charge in [0.25, 0.3) is 0 Å². The molecular weight excluding hydrogens is 340 g/mol. The molecule has 0 aliphatic carbocycles. The zero-order chi connectivity index (χ0) is 17.1. The Morgan fingerprint density at radius 2 is 1.36 bits per heavy atom. The van der Waals surface area contributed by atoms with Crippen molar-refractivity contribution in [3.05, 3.63) is 83.9 Å². The number of rotatable bonds is 4. The van der Waals surface area contributed by atoms with Crippen molar-refractivity contribution in [2.75, 3.05) is 0 Å². The highest BCUT2D eigenvalue weighted by atomic mass is 19.1. The van der Waals surface area contributed by atoms with Crippen LogP contribution in [-0.4, -0.2) is 5.48 Å². The van der Waals surface area contributed by atoms with Crippen LogP contribution in [0.3, 0.4) is 0 Å². The number of hydrogen-bond donors (Lipinski definition) is 0. The van der Waals surface area contributed by atoms with E-state index in [0.717, 1.165) is 30.3 Å². The van der Waals surface area contributed by atoms with E-state index in [0.29, 0.717) is 0 Å². The maximum Gasteiger partial charge on any atom is 0.211 e. The molecule has 3 nitrogen and oxygen atoms in total. The van der Waals surface area contributed by atoms with E-state index in [1.165, 1.54) is 30.3 Å². The summed E-state index contributed by atoms with van der Waals surface area (Å²) < 4.78 is 64.6. The van der Waals surface area contributed by atoms with Gasteiger partial charge in [-0.1, -0.05) is 6.07 Å². The summed E-state index contributed by atoms with van der Waals surface area (Å²) in [5.74, 6) is -4.07. The Balaban J connectivity index is 0.00000225. The minimum Gasteiger partial charge on any atom is -0.454 e. The lowest BCUT2D eigenvalue weighted by atomic mass is 10.2. The van der Waals surface area contributed by atoms with Gasteiger partial charge < -0.3 is 14.9 Å². The minimum atomic E-state index is -1.09. The molecule has 25 heavy (non-hydrogen) atoms. The standard InChI is InChI=1S/C18H10F4O2.H2O/c19-11-4-6-13(7-5-11)23-16-9-8-15(21)18(17(16)22)24-14-3-1-2-12(20)10-14;/h1-10H;1H2. The van der Waals surface area contributed by atoms with Gasteiger partial charge in [-0.15, -0.1) is 0 Å². The first kappa shape index (κ1) is 18.3. The Hall–Kier alpha value is -3.06. The molecule has 130 valence electrons. The average Bonchev–Trinajstić information content (AvgIpc) is 2.56. The van der Waals surface area contributed by atoms with Crippen molar-refractivity contribution in [1.82, 2.24) is 0 Å². The van der Waals surface area contributed by atoms with E-state index >= 15 is 0 Å². The van der Waals surface area contributed by atoms with Gasteiger partial charge >= 0.3 is 0 Å². The normalized spacial score (nSPS) is 10.1. The van der Waals surface area contributed by atoms with Gasteiger partial charge in [-0.3, -0.25) is 0 Å². The molecule has 0 aliphatic rings. The Bertz CT molecular complexity index is 867. The molecule has 2 N–H and O–H groups in total. The van der Waals surface area contributed by atoms with Crippen LogP contribution in [-0.2, 0) is 0 Å². The minimum absolute atomic E-state index is 0. The molecule has 3 rings (SSSR count). The molecule has 0 atom stereocenters. The summed E-state index contributed by atoms with van der Waals surface area (Å²) in [5, 5.41) is 0. The van der Waals surface area contributed by atoms with Gasteiger partial charge in [-0.2, -0.15) is 4.39 Å². The summed E-state index contributed by atoms with van der Waals surface area (Å²) >= 11 is 0. The molecule has 7 heteroatoms. The van der Waals surface area contributed by atoms with Gasteiger partial charge in [-0.05, 0) is 48.5 Å². The predicted molar refractivity (Wildman–Crippen MR) is 82.9 cm³/mol. The quantitative estimate of drug-likeness (QED) is 0.620. The molecule has 0 bridgehead atoms. The monoisotopic (exact) mass is 352 g/mol. The lowest BCUT2D eigenvalue weighted by molar-refractivity contribution is 0.378. The number of ether oxygens (including phenoxy) is 2. The van der Waals surface area contributed by atoms with Gasteiger partial charge in [0, 0.05) is 6.07 Å². The van der Waals surface area contributed by atoms with Crippen LogP contribution in [0.1, 0.15) is 0 Å². The van der Waals surface area contributed by atoms with Crippen molar-refractivity contribution in [1.29, 1.82) is 0 Å². The Morgan fingerprint density at radius 3 is 2.04 bits per heavy atom. The van der Waals surface area contributed by atoms with Crippen molar-refractivity contribution >= 4 is 0 Å². The van der Waals surface area contributed by atoms with Crippen LogP contribution in [0.5, 0.6) is 23.0 Å². The Labute approximate surface area is 140 Å². The molecule has 0 saturated heterocycles. The van der Waals surface area contributed by atoms with Crippen molar-refractivity contribution in [3.63, 3.8) is 0 Å². The lowest BCUT2D eigenvalue weighted by Gasteiger charge is -2.12. The zero-order valence-electron chi connectivity index (χ0n) is 12.6. The molecule has 0 aliphatic heterocycles. The van der Waals surface area contributed by atoms with Crippen LogP contribution in [0.2, 0.25) is 0 Å². The summed E-state index contributed by atoms with van der Waals surface area (Å²) in [6.45, 7) is 0. The number of benzene rings is 3. The fourth-order valence-electron chi connectivity index (χ4n) is 1.96. The third-order valence-electron chi connectivity index (χ3n) is 3.07. The molecule has 0 saturated carbocycles. The van der Waals surface area contributed by atoms with Gasteiger partial charge in [0.2, 0.25) is 11.6 Å². The van der Waals surface area contributed by atoms with Gasteiger partial charge in [0.1, 0.15) is 23.1 Å². The highest BCUT2D eigenvalue weighted by Crippen LogP contribution is 2.35. The smallest absolute Gasteiger partial charge is 0.211 e. The fourth-order valence-corrected chi connectivity index (χ4v) is 1.96. The van der Waals surface area contributed by atoms with E-state index in [-0.39, 0.29) is 22.7 Å². The van der Waals surface area contributed by atoms with E-state index in [2.05, 4.69) is 0 Å². The van der Waals surface area contributed by atoms with Crippen LogP contribution in [0, 0.1) is 23.3 Å². The Morgan fingerprint density at radius 1 is 0.640 bits per heavy atom. The molecule has 0 amide bonds. The van der Waals surface area contributed by atoms with Gasteiger partial charge in [-0.25, -0.2) is 13.2 Å². The van der Waals surface area contributed by atoms with Gasteiger partial charge in [0.05, 0.1) is 0 Å². The molecule has 0 heterocycles. The first-order valence-electron chi connectivity index (χ1n) is 6.88. The molecule has 0 aromatic heterocycles. The van der Waals surface area contributed by atoms with E-state index in [9.17, 15) is 17.6 Å². The molecule has 0 radical (unpaired) electrons. The van der Waals surface area contributed by atoms with Crippen LogP contribution >= 0.6 is 0 Å². The molecule has 3 aromatic rings. The Kier molecular flexibility index (Phi) is 5.61. The summed E-state index contributed by atoms with van der Waals surface area (Å²) in [5.41, 5.74) is 0. The molecule has 0 spiro atoms. The van der Waals surface area contributed by atoms with Crippen LogP contribution in [0.25, 0.3) is 0 Å². The maximum absolute atomic E-state index is 14.4. The van der Waals surface area contributed by atoms with E-state index in [4.69, 9.17) is 9.47 Å². The third kappa shape index (κ3) is 4.27. The number of halogens is 4. The highest BCUT2D eigenvalue weighted by molar-refractivity contribution is 5.42. The third-order valence-corrected chi connectivity index (χ3v) is 3.07. The summed E-state index contributed by atoms with van der Waals surface area (Å²) in [6, 6.07) is 11.8. The second-order valence-electron chi connectivity index (χ2n) is 4.80. The van der Waals surface area contributed by atoms with E-state index < -0.39 is 29.0 Å². The molecule has 0 unspecified atom stereocenters. The van der Waals surface area contributed by atoms with E-state index in [1.54, 1.807) is 0 Å². The maximum atomic E-state index is 14.4. The summed E-state index contributed by atoms with van der Waals surface area (Å²) in [7, 11) is 0. The molecule has 0 fully saturated rings. The summed E-state index contributed by atoms with van der Waals surface area (Å²) in [6.07, 6.45) is 0. The van der Waals surface area contributed by atoms with E-state index in [1.807, 2.05) is 0 Å².